The monoisotopic (exact) mass is 1370 g/mol. The zero-order valence-corrected chi connectivity index (χ0v) is 58.7. The van der Waals surface area contributed by atoms with Gasteiger partial charge in [-0.05, 0) is 103 Å². The van der Waals surface area contributed by atoms with E-state index < -0.39 is 124 Å². The number of unbranched alkanes of at least 4 members (excludes halogenated alkanes) is 19. The molecule has 3 heterocycles. The molecule has 1 amide bonds. The number of carbonyl (C=O) groups is 1. The number of rotatable bonds is 55. The summed E-state index contributed by atoms with van der Waals surface area (Å²) in [6.45, 7) is 1.56. The van der Waals surface area contributed by atoms with Crippen LogP contribution in [0.1, 0.15) is 219 Å². The number of ether oxygens (including phenoxy) is 6. The van der Waals surface area contributed by atoms with Crippen LogP contribution < -0.4 is 5.32 Å². The fourth-order valence-electron chi connectivity index (χ4n) is 11.5. The molecule has 3 rings (SSSR count). The summed E-state index contributed by atoms with van der Waals surface area (Å²) in [7, 11) is 0. The first-order chi connectivity index (χ1) is 47.3. The van der Waals surface area contributed by atoms with Crippen molar-refractivity contribution >= 4 is 5.91 Å². The zero-order chi connectivity index (χ0) is 70.4. The first-order valence-electron chi connectivity index (χ1n) is 36.9. The quantitative estimate of drug-likeness (QED) is 0.0199. The Kier molecular flexibility index (Phi) is 51.7. The number of aliphatic hydroxyl groups excluding tert-OH is 11. The van der Waals surface area contributed by atoms with Gasteiger partial charge < -0.3 is 89.9 Å². The van der Waals surface area contributed by atoms with Crippen LogP contribution in [0.5, 0.6) is 0 Å². The fraction of sp³-hybridized carbons (Fsp3) is 0.705. The van der Waals surface area contributed by atoms with Crippen molar-refractivity contribution in [2.24, 2.45) is 0 Å². The number of carbonyl (C=O) groups excluding carboxylic acids is 1. The van der Waals surface area contributed by atoms with Crippen LogP contribution >= 0.6 is 0 Å². The van der Waals surface area contributed by atoms with E-state index in [1.54, 1.807) is 6.08 Å². The predicted octanol–water partition coefficient (Wildman–Crippen LogP) is 10.9. The lowest BCUT2D eigenvalue weighted by molar-refractivity contribution is -0.379. The first kappa shape index (κ1) is 87.1. The number of hydrogen-bond acceptors (Lipinski definition) is 18. The second-order valence-corrected chi connectivity index (χ2v) is 25.7. The highest BCUT2D eigenvalue weighted by molar-refractivity contribution is 5.76. The molecule has 3 aliphatic heterocycles. The minimum Gasteiger partial charge on any atom is -0.394 e. The molecule has 97 heavy (non-hydrogen) atoms. The number of amides is 1. The van der Waals surface area contributed by atoms with Gasteiger partial charge in [-0.15, -0.1) is 0 Å². The SMILES string of the molecule is CC/C=C\C/C=C\C/C=C\C/C=C\C/C=C\C/C=C\C/C=C\C/C=C\C/C=C\CCCCCCCCCCCCCC(=O)NC(COC1OC(CO)C(OC2OC(CO)C(OC3OC(CO)C(O)C(O)C3O)C(O)C2O)C(O)C1O)C(O)/C=C/CC/C=C/CCCCCCCCC. The van der Waals surface area contributed by atoms with Crippen molar-refractivity contribution in [1.82, 2.24) is 5.32 Å². The highest BCUT2D eigenvalue weighted by Gasteiger charge is 2.53. The third kappa shape index (κ3) is 38.5. The van der Waals surface area contributed by atoms with Crippen molar-refractivity contribution in [2.45, 2.75) is 324 Å². The Morgan fingerprint density at radius 2 is 0.722 bits per heavy atom. The molecular formula is C78H129NO18. The molecule has 0 aromatic heterocycles. The van der Waals surface area contributed by atoms with Gasteiger partial charge in [-0.25, -0.2) is 0 Å². The Bertz CT molecular complexity index is 2280. The Hall–Kier alpha value is -4.07. The number of allylic oxidation sites excluding steroid dienone is 21. The predicted molar refractivity (Wildman–Crippen MR) is 383 cm³/mol. The van der Waals surface area contributed by atoms with Gasteiger partial charge in [-0.3, -0.25) is 4.79 Å². The maximum Gasteiger partial charge on any atom is 0.220 e. The largest absolute Gasteiger partial charge is 0.394 e. The van der Waals surface area contributed by atoms with Gasteiger partial charge in [0.05, 0.1) is 38.6 Å². The number of aliphatic hydroxyl groups is 11. The number of nitrogens with one attached hydrogen (secondary N) is 1. The van der Waals surface area contributed by atoms with E-state index in [0.717, 1.165) is 109 Å². The molecule has 0 spiro atoms. The Balaban J connectivity index is 1.34. The summed E-state index contributed by atoms with van der Waals surface area (Å²) in [6.07, 6.45) is 54.5. The molecule has 0 aromatic rings. The van der Waals surface area contributed by atoms with Crippen molar-refractivity contribution in [3.05, 3.63) is 134 Å². The summed E-state index contributed by atoms with van der Waals surface area (Å²) < 4.78 is 34.3. The van der Waals surface area contributed by atoms with Gasteiger partial charge in [0.2, 0.25) is 5.91 Å². The molecule has 19 nitrogen and oxygen atoms in total. The second kappa shape index (κ2) is 57.5. The van der Waals surface area contributed by atoms with Gasteiger partial charge in [0, 0.05) is 6.42 Å². The molecule has 554 valence electrons. The van der Waals surface area contributed by atoms with Crippen molar-refractivity contribution < 1.29 is 89.4 Å². The second-order valence-electron chi connectivity index (χ2n) is 25.7. The van der Waals surface area contributed by atoms with E-state index in [-0.39, 0.29) is 18.9 Å². The molecule has 3 saturated heterocycles. The molecular weight excluding hydrogens is 1240 g/mol. The van der Waals surface area contributed by atoms with Crippen molar-refractivity contribution in [2.75, 3.05) is 26.4 Å². The molecule has 3 aliphatic rings. The van der Waals surface area contributed by atoms with E-state index in [4.69, 9.17) is 28.4 Å². The highest BCUT2D eigenvalue weighted by Crippen LogP contribution is 2.33. The minimum absolute atomic E-state index is 0.223. The lowest BCUT2D eigenvalue weighted by atomic mass is 9.96. The van der Waals surface area contributed by atoms with E-state index in [1.807, 2.05) is 6.08 Å². The van der Waals surface area contributed by atoms with Crippen LogP contribution in [0.2, 0.25) is 0 Å². The molecule has 0 aliphatic carbocycles. The standard InChI is InChI=1S/C78H129NO18/c1-3-5-7-9-11-13-15-17-18-19-20-21-22-23-24-25-26-27-28-29-30-31-32-33-34-35-36-37-38-39-40-41-42-44-46-48-50-52-54-56-66(84)79-61(62(83)55-53-51-49-47-45-43-16-14-12-10-8-6-4-2)60-92-76-72(90)69(87)74(64(58-81)94-76)97-78-73(91)70(88)75(65(59-82)95-78)96-77-71(89)68(86)67(85)63(57-80)93-77/h5,7,11,13,17-18,20-21,23-24,26-27,29-30,32-33,35-36,45,47,53,55,61-65,67-78,80-83,85-91H,3-4,6,8-10,12,14-16,19,22,25,28,31,34,37-44,46,48-52,54,56-60H2,1-2H3,(H,79,84)/b7-5-,13-11-,18-17-,21-20-,24-23-,27-26-,30-29-,33-32-,36-35-,47-45+,55-53+. The van der Waals surface area contributed by atoms with Crippen LogP contribution in [-0.2, 0) is 33.2 Å². The normalized spacial score (nSPS) is 27.7. The van der Waals surface area contributed by atoms with E-state index >= 15 is 0 Å². The van der Waals surface area contributed by atoms with Gasteiger partial charge in [0.1, 0.15) is 73.2 Å². The van der Waals surface area contributed by atoms with E-state index in [2.05, 4.69) is 141 Å². The van der Waals surface area contributed by atoms with Gasteiger partial charge in [-0.2, -0.15) is 0 Å². The molecule has 0 saturated carbocycles. The van der Waals surface area contributed by atoms with Crippen LogP contribution in [-0.4, -0.2) is 193 Å². The highest BCUT2D eigenvalue weighted by atomic mass is 16.8. The molecule has 19 heteroatoms. The molecule has 12 N–H and O–H groups in total. The van der Waals surface area contributed by atoms with E-state index in [1.165, 1.54) is 77.0 Å². The van der Waals surface area contributed by atoms with Gasteiger partial charge >= 0.3 is 0 Å². The Labute approximate surface area is 581 Å². The maximum absolute atomic E-state index is 13.4. The molecule has 0 aromatic carbocycles. The zero-order valence-electron chi connectivity index (χ0n) is 58.7. The summed E-state index contributed by atoms with van der Waals surface area (Å²) >= 11 is 0. The molecule has 0 radical (unpaired) electrons. The Morgan fingerprint density at radius 3 is 1.15 bits per heavy atom. The average Bonchev–Trinajstić information content (AvgIpc) is 0.809. The van der Waals surface area contributed by atoms with Crippen LogP contribution in [0, 0.1) is 0 Å². The molecule has 17 atom stereocenters. The lowest BCUT2D eigenvalue weighted by Gasteiger charge is -2.48. The van der Waals surface area contributed by atoms with Gasteiger partial charge in [0.25, 0.3) is 0 Å². The number of hydrogen-bond donors (Lipinski definition) is 12. The third-order valence-corrected chi connectivity index (χ3v) is 17.4. The fourth-order valence-corrected chi connectivity index (χ4v) is 11.5. The minimum atomic E-state index is -1.99. The average molecular weight is 1370 g/mol. The summed E-state index contributed by atoms with van der Waals surface area (Å²) in [5, 5.41) is 120. The molecule has 0 bridgehead atoms. The van der Waals surface area contributed by atoms with Crippen LogP contribution in [0.3, 0.4) is 0 Å². The summed E-state index contributed by atoms with van der Waals surface area (Å²) in [5.41, 5.74) is 0. The lowest BCUT2D eigenvalue weighted by Crippen LogP contribution is -2.66. The van der Waals surface area contributed by atoms with Crippen LogP contribution in [0.15, 0.2) is 134 Å². The van der Waals surface area contributed by atoms with Crippen molar-refractivity contribution in [1.29, 1.82) is 0 Å². The summed E-state index contributed by atoms with van der Waals surface area (Å²) in [5.74, 6) is -0.295. The molecule has 17 unspecified atom stereocenters. The summed E-state index contributed by atoms with van der Waals surface area (Å²) in [6, 6.07) is -1.000. The van der Waals surface area contributed by atoms with Crippen LogP contribution in [0.25, 0.3) is 0 Å². The van der Waals surface area contributed by atoms with E-state index in [9.17, 15) is 61.0 Å². The van der Waals surface area contributed by atoms with Gasteiger partial charge in [0.15, 0.2) is 18.9 Å². The van der Waals surface area contributed by atoms with Crippen molar-refractivity contribution in [3.63, 3.8) is 0 Å². The third-order valence-electron chi connectivity index (χ3n) is 17.4. The van der Waals surface area contributed by atoms with E-state index in [0.29, 0.717) is 12.8 Å². The Morgan fingerprint density at radius 1 is 0.381 bits per heavy atom. The maximum atomic E-state index is 13.4. The van der Waals surface area contributed by atoms with Crippen molar-refractivity contribution in [3.8, 4) is 0 Å². The first-order valence-corrected chi connectivity index (χ1v) is 36.9. The summed E-state index contributed by atoms with van der Waals surface area (Å²) in [4.78, 5) is 13.4. The van der Waals surface area contributed by atoms with Crippen LogP contribution in [0.4, 0.5) is 0 Å². The molecule has 3 fully saturated rings. The topological polar surface area (TPSA) is 307 Å². The smallest absolute Gasteiger partial charge is 0.220 e. The van der Waals surface area contributed by atoms with Gasteiger partial charge in [-0.1, -0.05) is 244 Å².